The molecule has 0 aliphatic carbocycles. The summed E-state index contributed by atoms with van der Waals surface area (Å²) >= 11 is 0. The van der Waals surface area contributed by atoms with Gasteiger partial charge in [0.1, 0.15) is 0 Å². The lowest BCUT2D eigenvalue weighted by Crippen LogP contribution is -2.29. The predicted octanol–water partition coefficient (Wildman–Crippen LogP) is 3.80. The summed E-state index contributed by atoms with van der Waals surface area (Å²) in [5.41, 5.74) is 0.492. The molecule has 35 heavy (non-hydrogen) atoms. The highest BCUT2D eigenvalue weighted by atomic mass is 16.5. The first-order chi connectivity index (χ1) is 16.8. The van der Waals surface area contributed by atoms with Crippen LogP contribution in [0.5, 0.6) is 0 Å². The number of unbranched alkanes of at least 4 members (excludes halogenated alkanes) is 1. The first-order valence-corrected chi connectivity index (χ1v) is 11.5. The van der Waals surface area contributed by atoms with E-state index in [1.54, 1.807) is 48.5 Å². The maximum absolute atomic E-state index is 12.8. The number of carbonyl (C=O) groups is 3. The molecule has 0 saturated heterocycles. The summed E-state index contributed by atoms with van der Waals surface area (Å²) in [6.07, 6.45) is 1.72. The van der Waals surface area contributed by atoms with Crippen molar-refractivity contribution in [1.29, 1.82) is 0 Å². The molecule has 1 aromatic heterocycles. The van der Waals surface area contributed by atoms with Crippen LogP contribution in [-0.2, 0) is 20.8 Å². The zero-order valence-electron chi connectivity index (χ0n) is 20.1. The molecular formula is C26H29N3O6. The van der Waals surface area contributed by atoms with Crippen molar-refractivity contribution >= 4 is 34.3 Å². The molecule has 9 nitrogen and oxygen atoms in total. The molecule has 0 atom stereocenters. The molecule has 1 amide bonds. The third kappa shape index (κ3) is 6.75. The topological polar surface area (TPSA) is 117 Å². The van der Waals surface area contributed by atoms with E-state index in [2.05, 4.69) is 10.4 Å². The highest BCUT2D eigenvalue weighted by Gasteiger charge is 2.19. The molecule has 0 radical (unpaired) electrons. The lowest BCUT2D eigenvalue weighted by Gasteiger charge is -2.12. The number of amides is 1. The van der Waals surface area contributed by atoms with Crippen LogP contribution in [0.1, 0.15) is 54.5 Å². The maximum atomic E-state index is 12.8. The van der Waals surface area contributed by atoms with Gasteiger partial charge in [-0.05, 0) is 42.7 Å². The van der Waals surface area contributed by atoms with Gasteiger partial charge in [-0.25, -0.2) is 14.3 Å². The lowest BCUT2D eigenvalue weighted by molar-refractivity contribution is -0.119. The number of nitrogens with zero attached hydrogens (tertiary/aromatic N) is 2. The number of anilines is 1. The van der Waals surface area contributed by atoms with Crippen LogP contribution in [0.4, 0.5) is 5.69 Å². The van der Waals surface area contributed by atoms with Gasteiger partial charge in [-0.2, -0.15) is 5.10 Å². The zero-order valence-corrected chi connectivity index (χ0v) is 20.1. The number of fused-ring (bicyclic) bond motifs is 1. The normalized spacial score (nSPS) is 10.9. The minimum Gasteiger partial charge on any atom is -0.462 e. The molecular weight excluding hydrogens is 450 g/mol. The maximum Gasteiger partial charge on any atom is 0.359 e. The number of hydrogen-bond acceptors (Lipinski definition) is 7. The minimum atomic E-state index is -0.806. The van der Waals surface area contributed by atoms with Crippen LogP contribution in [0.15, 0.2) is 53.3 Å². The standard InChI is InChI=1S/C26H29N3O6/c1-4-5-14-34-25(32)18-10-12-19(13-11-18)27-22(30)16-35-26(33)23-20-8-6-7-9-21(20)24(31)29(28-23)15-17(2)3/h6-13,17H,4-5,14-16H2,1-3H3,(H,27,30). The average molecular weight is 480 g/mol. The van der Waals surface area contributed by atoms with Crippen LogP contribution in [0.3, 0.4) is 0 Å². The Kier molecular flexibility index (Phi) is 8.72. The number of rotatable bonds is 10. The number of nitrogens with one attached hydrogen (secondary N) is 1. The van der Waals surface area contributed by atoms with Crippen molar-refractivity contribution in [2.75, 3.05) is 18.5 Å². The van der Waals surface area contributed by atoms with Crippen LogP contribution < -0.4 is 10.9 Å². The quantitative estimate of drug-likeness (QED) is 0.347. The van der Waals surface area contributed by atoms with Gasteiger partial charge in [-0.1, -0.05) is 45.4 Å². The molecule has 3 rings (SSSR count). The van der Waals surface area contributed by atoms with E-state index in [0.29, 0.717) is 35.2 Å². The highest BCUT2D eigenvalue weighted by molar-refractivity contribution is 6.03. The Labute approximate surface area is 203 Å². The fourth-order valence-corrected chi connectivity index (χ4v) is 3.33. The van der Waals surface area contributed by atoms with Crippen molar-refractivity contribution < 1.29 is 23.9 Å². The molecule has 0 bridgehead atoms. The Morgan fingerprint density at radius 1 is 0.971 bits per heavy atom. The summed E-state index contributed by atoms with van der Waals surface area (Å²) in [5.74, 6) is -1.65. The summed E-state index contributed by atoms with van der Waals surface area (Å²) in [6, 6.07) is 12.9. The van der Waals surface area contributed by atoms with E-state index in [-0.39, 0.29) is 17.2 Å². The second kappa shape index (κ2) is 11.9. The summed E-state index contributed by atoms with van der Waals surface area (Å²) < 4.78 is 11.6. The van der Waals surface area contributed by atoms with Crippen molar-refractivity contribution in [2.24, 2.45) is 5.92 Å². The average Bonchev–Trinajstić information content (AvgIpc) is 2.84. The fourth-order valence-electron chi connectivity index (χ4n) is 3.33. The largest absolute Gasteiger partial charge is 0.462 e. The molecule has 9 heteroatoms. The monoisotopic (exact) mass is 479 g/mol. The van der Waals surface area contributed by atoms with E-state index in [9.17, 15) is 19.2 Å². The molecule has 2 aromatic carbocycles. The van der Waals surface area contributed by atoms with Gasteiger partial charge in [-0.3, -0.25) is 9.59 Å². The molecule has 1 N–H and O–H groups in total. The number of benzene rings is 2. The zero-order chi connectivity index (χ0) is 25.4. The smallest absolute Gasteiger partial charge is 0.359 e. The fraction of sp³-hybridized carbons (Fsp3) is 0.346. The van der Waals surface area contributed by atoms with Crippen LogP contribution in [0.2, 0.25) is 0 Å². The summed E-state index contributed by atoms with van der Waals surface area (Å²) in [7, 11) is 0. The third-order valence-corrected chi connectivity index (χ3v) is 5.07. The van der Waals surface area contributed by atoms with E-state index < -0.39 is 24.5 Å². The molecule has 0 spiro atoms. The van der Waals surface area contributed by atoms with E-state index in [1.165, 1.54) is 4.68 Å². The van der Waals surface area contributed by atoms with Gasteiger partial charge >= 0.3 is 11.9 Å². The van der Waals surface area contributed by atoms with Crippen LogP contribution in [0, 0.1) is 5.92 Å². The minimum absolute atomic E-state index is 0.0282. The SMILES string of the molecule is CCCCOC(=O)c1ccc(NC(=O)COC(=O)c2nn(CC(C)C)c(=O)c3ccccc23)cc1. The molecule has 0 fully saturated rings. The Balaban J connectivity index is 1.64. The first kappa shape index (κ1) is 25.6. The van der Waals surface area contributed by atoms with Gasteiger partial charge in [0, 0.05) is 17.6 Å². The molecule has 3 aromatic rings. The van der Waals surface area contributed by atoms with E-state index in [0.717, 1.165) is 12.8 Å². The van der Waals surface area contributed by atoms with Crippen molar-refractivity contribution in [3.63, 3.8) is 0 Å². The van der Waals surface area contributed by atoms with Crippen molar-refractivity contribution in [1.82, 2.24) is 9.78 Å². The van der Waals surface area contributed by atoms with Gasteiger partial charge in [0.2, 0.25) is 0 Å². The van der Waals surface area contributed by atoms with Gasteiger partial charge in [0.15, 0.2) is 12.3 Å². The van der Waals surface area contributed by atoms with Crippen LogP contribution in [0.25, 0.3) is 10.8 Å². The first-order valence-electron chi connectivity index (χ1n) is 11.5. The number of ether oxygens (including phenoxy) is 2. The number of aromatic nitrogens is 2. The molecule has 0 aliphatic heterocycles. The van der Waals surface area contributed by atoms with E-state index in [4.69, 9.17) is 9.47 Å². The second-order valence-corrected chi connectivity index (χ2v) is 8.47. The number of esters is 2. The summed E-state index contributed by atoms with van der Waals surface area (Å²) in [6.45, 7) is 6.04. The van der Waals surface area contributed by atoms with E-state index >= 15 is 0 Å². The van der Waals surface area contributed by atoms with Crippen molar-refractivity contribution in [3.05, 3.63) is 70.1 Å². The van der Waals surface area contributed by atoms with Gasteiger partial charge in [0.05, 0.1) is 17.6 Å². The number of carbonyl (C=O) groups excluding carboxylic acids is 3. The Bertz CT molecular complexity index is 1260. The third-order valence-electron chi connectivity index (χ3n) is 5.07. The second-order valence-electron chi connectivity index (χ2n) is 8.47. The molecule has 184 valence electrons. The lowest BCUT2D eigenvalue weighted by atomic mass is 10.1. The Hall–Kier alpha value is -4.01. The molecule has 0 aliphatic rings. The van der Waals surface area contributed by atoms with Crippen LogP contribution in [-0.4, -0.2) is 40.8 Å². The Morgan fingerprint density at radius 3 is 2.31 bits per heavy atom. The van der Waals surface area contributed by atoms with Crippen LogP contribution >= 0.6 is 0 Å². The highest BCUT2D eigenvalue weighted by Crippen LogP contribution is 2.15. The molecule has 1 heterocycles. The van der Waals surface area contributed by atoms with Crippen molar-refractivity contribution in [2.45, 2.75) is 40.2 Å². The molecule has 0 unspecified atom stereocenters. The molecule has 0 saturated carbocycles. The van der Waals surface area contributed by atoms with Crippen molar-refractivity contribution in [3.8, 4) is 0 Å². The van der Waals surface area contributed by atoms with Gasteiger partial charge in [0.25, 0.3) is 11.5 Å². The van der Waals surface area contributed by atoms with Gasteiger partial charge < -0.3 is 14.8 Å². The Morgan fingerprint density at radius 2 is 1.66 bits per heavy atom. The predicted molar refractivity (Wildman–Crippen MR) is 131 cm³/mol. The number of hydrogen-bond donors (Lipinski definition) is 1. The summed E-state index contributed by atoms with van der Waals surface area (Å²) in [4.78, 5) is 49.7. The van der Waals surface area contributed by atoms with Gasteiger partial charge in [-0.15, -0.1) is 0 Å². The van der Waals surface area contributed by atoms with E-state index in [1.807, 2.05) is 20.8 Å². The summed E-state index contributed by atoms with van der Waals surface area (Å²) in [5, 5.41) is 7.54.